The van der Waals surface area contributed by atoms with Crippen LogP contribution in [0.1, 0.15) is 30.1 Å². The monoisotopic (exact) mass is 304 g/mol. The molecule has 1 aliphatic rings. The molecule has 0 aromatic carbocycles. The molecule has 2 aromatic rings. The van der Waals surface area contributed by atoms with Gasteiger partial charge < -0.3 is 9.67 Å². The van der Waals surface area contributed by atoms with Gasteiger partial charge in [0.15, 0.2) is 5.16 Å². The number of nitrogens with zero attached hydrogens (tertiary/aromatic N) is 4. The van der Waals surface area contributed by atoms with Crippen LogP contribution in [-0.2, 0) is 17.8 Å². The van der Waals surface area contributed by atoms with E-state index < -0.39 is 5.97 Å². The van der Waals surface area contributed by atoms with Gasteiger partial charge in [-0.2, -0.15) is 0 Å². The van der Waals surface area contributed by atoms with Crippen LogP contribution in [0.3, 0.4) is 0 Å². The minimum atomic E-state index is -0.838. The molecule has 0 radical (unpaired) electrons. The standard InChI is InChI=1S/C14H16N4O2S/c19-12(20)9-21-14-17-16-13(11-3-4-11)18(14)7-5-10-2-1-6-15-8-10/h1-2,6,8,11H,3-5,7,9H2,(H,19,20). The third-order valence-corrected chi connectivity index (χ3v) is 4.31. The first-order chi connectivity index (χ1) is 10.2. The van der Waals surface area contributed by atoms with Crippen LogP contribution in [0.15, 0.2) is 29.7 Å². The van der Waals surface area contributed by atoms with E-state index in [4.69, 9.17) is 5.11 Å². The molecule has 0 spiro atoms. The van der Waals surface area contributed by atoms with Crippen LogP contribution in [0, 0.1) is 0 Å². The largest absolute Gasteiger partial charge is 0.481 e. The highest BCUT2D eigenvalue weighted by atomic mass is 32.2. The van der Waals surface area contributed by atoms with Gasteiger partial charge >= 0.3 is 5.97 Å². The number of pyridine rings is 1. The van der Waals surface area contributed by atoms with E-state index in [9.17, 15) is 4.79 Å². The predicted molar refractivity (Wildman–Crippen MR) is 78.3 cm³/mol. The number of carbonyl (C=O) groups is 1. The number of thioether (sulfide) groups is 1. The fourth-order valence-corrected chi connectivity index (χ4v) is 2.87. The molecule has 3 rings (SSSR count). The molecular weight excluding hydrogens is 288 g/mol. The Morgan fingerprint density at radius 1 is 1.43 bits per heavy atom. The molecule has 21 heavy (non-hydrogen) atoms. The molecule has 1 N–H and O–H groups in total. The van der Waals surface area contributed by atoms with Crippen molar-refractivity contribution in [3.63, 3.8) is 0 Å². The van der Waals surface area contributed by atoms with Crippen molar-refractivity contribution in [3.05, 3.63) is 35.9 Å². The molecule has 2 heterocycles. The Morgan fingerprint density at radius 2 is 2.29 bits per heavy atom. The van der Waals surface area contributed by atoms with Gasteiger partial charge in [-0.25, -0.2) is 0 Å². The zero-order valence-corrected chi connectivity index (χ0v) is 12.3. The zero-order chi connectivity index (χ0) is 14.7. The van der Waals surface area contributed by atoms with Gasteiger partial charge in [0.05, 0.1) is 5.75 Å². The van der Waals surface area contributed by atoms with E-state index in [-0.39, 0.29) is 5.75 Å². The van der Waals surface area contributed by atoms with Crippen molar-refractivity contribution < 1.29 is 9.90 Å². The van der Waals surface area contributed by atoms with Crippen LogP contribution in [0.25, 0.3) is 0 Å². The van der Waals surface area contributed by atoms with Gasteiger partial charge in [0.25, 0.3) is 0 Å². The van der Waals surface area contributed by atoms with Crippen LogP contribution >= 0.6 is 11.8 Å². The summed E-state index contributed by atoms with van der Waals surface area (Å²) in [6.45, 7) is 0.756. The Morgan fingerprint density at radius 3 is 2.95 bits per heavy atom. The van der Waals surface area contributed by atoms with Crippen LogP contribution in [0.4, 0.5) is 0 Å². The number of hydrogen-bond donors (Lipinski definition) is 1. The third-order valence-electron chi connectivity index (χ3n) is 3.36. The van der Waals surface area contributed by atoms with E-state index in [1.165, 1.54) is 11.8 Å². The molecule has 0 saturated heterocycles. The summed E-state index contributed by atoms with van der Waals surface area (Å²) >= 11 is 1.23. The van der Waals surface area contributed by atoms with Crippen molar-refractivity contribution in [1.29, 1.82) is 0 Å². The van der Waals surface area contributed by atoms with Gasteiger partial charge in [0, 0.05) is 24.9 Å². The molecular formula is C14H16N4O2S. The first-order valence-electron chi connectivity index (χ1n) is 6.90. The van der Waals surface area contributed by atoms with E-state index in [0.29, 0.717) is 11.1 Å². The molecule has 6 nitrogen and oxygen atoms in total. The average molecular weight is 304 g/mol. The summed E-state index contributed by atoms with van der Waals surface area (Å²) in [5, 5.41) is 17.9. The van der Waals surface area contributed by atoms with Gasteiger partial charge in [0.2, 0.25) is 0 Å². The van der Waals surface area contributed by atoms with Crippen molar-refractivity contribution in [3.8, 4) is 0 Å². The van der Waals surface area contributed by atoms with Crippen LogP contribution in [-0.4, -0.2) is 36.6 Å². The summed E-state index contributed by atoms with van der Waals surface area (Å²) in [6.07, 6.45) is 6.74. The van der Waals surface area contributed by atoms with Crippen molar-refractivity contribution in [2.75, 3.05) is 5.75 Å². The maximum atomic E-state index is 10.7. The lowest BCUT2D eigenvalue weighted by molar-refractivity contribution is -0.133. The average Bonchev–Trinajstić information content (AvgIpc) is 3.25. The number of aryl methyl sites for hydroxylation is 1. The molecule has 0 amide bonds. The zero-order valence-electron chi connectivity index (χ0n) is 11.5. The molecule has 1 fully saturated rings. The molecule has 0 atom stereocenters. The van der Waals surface area contributed by atoms with E-state index >= 15 is 0 Å². The van der Waals surface area contributed by atoms with Crippen molar-refractivity contribution >= 4 is 17.7 Å². The molecule has 0 bridgehead atoms. The topological polar surface area (TPSA) is 80.9 Å². The highest BCUT2D eigenvalue weighted by Gasteiger charge is 2.30. The highest BCUT2D eigenvalue weighted by Crippen LogP contribution is 2.40. The highest BCUT2D eigenvalue weighted by molar-refractivity contribution is 7.99. The smallest absolute Gasteiger partial charge is 0.313 e. The van der Waals surface area contributed by atoms with Gasteiger partial charge in [-0.05, 0) is 30.9 Å². The van der Waals surface area contributed by atoms with Gasteiger partial charge in [-0.15, -0.1) is 10.2 Å². The first-order valence-corrected chi connectivity index (χ1v) is 7.89. The van der Waals surface area contributed by atoms with Crippen molar-refractivity contribution in [1.82, 2.24) is 19.7 Å². The molecule has 2 aromatic heterocycles. The normalized spacial score (nSPS) is 14.3. The SMILES string of the molecule is O=C(O)CSc1nnc(C2CC2)n1CCc1cccnc1. The first kappa shape index (κ1) is 14.1. The van der Waals surface area contributed by atoms with E-state index in [2.05, 4.69) is 19.7 Å². The molecule has 110 valence electrons. The second-order valence-corrected chi connectivity index (χ2v) is 6.00. The summed E-state index contributed by atoms with van der Waals surface area (Å²) in [5.74, 6) is 0.655. The Kier molecular flexibility index (Phi) is 4.19. The Balaban J connectivity index is 1.74. The van der Waals surface area contributed by atoms with Crippen LogP contribution < -0.4 is 0 Å². The molecule has 0 unspecified atom stereocenters. The maximum absolute atomic E-state index is 10.7. The van der Waals surface area contributed by atoms with Crippen molar-refractivity contribution in [2.24, 2.45) is 0 Å². The number of carboxylic acids is 1. The quantitative estimate of drug-likeness (QED) is 0.788. The number of hydrogen-bond acceptors (Lipinski definition) is 5. The fourth-order valence-electron chi connectivity index (χ4n) is 2.17. The fraction of sp³-hybridized carbons (Fsp3) is 0.429. The van der Waals surface area contributed by atoms with Crippen LogP contribution in [0.2, 0.25) is 0 Å². The third kappa shape index (κ3) is 3.60. The van der Waals surface area contributed by atoms with Crippen molar-refractivity contribution in [2.45, 2.75) is 36.9 Å². The second kappa shape index (κ2) is 6.26. The molecule has 0 aliphatic heterocycles. The molecule has 1 aliphatic carbocycles. The summed E-state index contributed by atoms with van der Waals surface area (Å²) < 4.78 is 2.07. The number of carboxylic acid groups (broad SMARTS) is 1. The Labute approximate surface area is 126 Å². The summed E-state index contributed by atoms with van der Waals surface area (Å²) in [5.41, 5.74) is 1.15. The minimum absolute atomic E-state index is 0.00962. The van der Waals surface area contributed by atoms with Gasteiger partial charge in [-0.3, -0.25) is 9.78 Å². The summed E-state index contributed by atoms with van der Waals surface area (Å²) in [6, 6.07) is 3.96. The number of rotatable bonds is 7. The lowest BCUT2D eigenvalue weighted by Crippen LogP contribution is -2.08. The second-order valence-electron chi connectivity index (χ2n) is 5.06. The summed E-state index contributed by atoms with van der Waals surface area (Å²) in [7, 11) is 0. The lowest BCUT2D eigenvalue weighted by atomic mass is 10.2. The molecule has 7 heteroatoms. The van der Waals surface area contributed by atoms with Gasteiger partial charge in [-0.1, -0.05) is 17.8 Å². The molecule has 1 saturated carbocycles. The van der Waals surface area contributed by atoms with Gasteiger partial charge in [0.1, 0.15) is 5.82 Å². The lowest BCUT2D eigenvalue weighted by Gasteiger charge is -2.09. The number of aliphatic carboxylic acids is 1. The van der Waals surface area contributed by atoms with E-state index in [1.807, 2.05) is 18.3 Å². The predicted octanol–water partition coefficient (Wildman–Crippen LogP) is 1.97. The summed E-state index contributed by atoms with van der Waals surface area (Å²) in [4.78, 5) is 14.8. The van der Waals surface area contributed by atoms with Crippen LogP contribution in [0.5, 0.6) is 0 Å². The Hall–Kier alpha value is -1.89. The van der Waals surface area contributed by atoms with E-state index in [1.54, 1.807) is 6.20 Å². The number of aromatic nitrogens is 4. The minimum Gasteiger partial charge on any atom is -0.481 e. The van der Waals surface area contributed by atoms with E-state index in [0.717, 1.165) is 37.2 Å². The Bertz CT molecular complexity index is 625. The maximum Gasteiger partial charge on any atom is 0.313 e.